The van der Waals surface area contributed by atoms with Crippen molar-refractivity contribution >= 4 is 33.7 Å². The highest BCUT2D eigenvalue weighted by Gasteiger charge is 2.09. The van der Waals surface area contributed by atoms with Gasteiger partial charge in [-0.3, -0.25) is 0 Å². The molecule has 5 heteroatoms. The fourth-order valence-corrected chi connectivity index (χ4v) is 2.56. The number of thioether (sulfide) groups is 1. The summed E-state index contributed by atoms with van der Waals surface area (Å²) in [6, 6.07) is 9.00. The summed E-state index contributed by atoms with van der Waals surface area (Å²) in [7, 11) is 0. The van der Waals surface area contributed by atoms with Crippen molar-refractivity contribution in [3.8, 4) is 0 Å². The molecule has 1 aromatic carbocycles. The zero-order valence-corrected chi connectivity index (χ0v) is 11.1. The quantitative estimate of drug-likeness (QED) is 0.866. The number of carboxylic acids is 1. The first-order valence-electron chi connectivity index (χ1n) is 4.85. The molecule has 0 fully saturated rings. The zero-order chi connectivity index (χ0) is 12.3. The Morgan fingerprint density at radius 2 is 2.24 bits per heavy atom. The Bertz CT molecular complexity index is 523. The molecule has 0 aliphatic carbocycles. The Balaban J connectivity index is 2.11. The molecule has 0 saturated carbocycles. The average molecular weight is 313 g/mol. The normalized spacial score (nSPS) is 10.4. The Morgan fingerprint density at radius 3 is 2.88 bits per heavy atom. The van der Waals surface area contributed by atoms with E-state index >= 15 is 0 Å². The summed E-state index contributed by atoms with van der Waals surface area (Å²) < 4.78 is 5.80. The zero-order valence-electron chi connectivity index (χ0n) is 8.72. The molecule has 88 valence electrons. The summed E-state index contributed by atoms with van der Waals surface area (Å²) in [5.41, 5.74) is 0.273. The van der Waals surface area contributed by atoms with E-state index in [0.717, 1.165) is 10.7 Å². The molecular weight excluding hydrogens is 304 g/mol. The smallest absolute Gasteiger partial charge is 0.336 e. The molecule has 2 rings (SSSR count). The van der Waals surface area contributed by atoms with Gasteiger partial charge in [0.2, 0.25) is 0 Å². The van der Waals surface area contributed by atoms with Crippen molar-refractivity contribution in [3.05, 3.63) is 52.4 Å². The van der Waals surface area contributed by atoms with Gasteiger partial charge >= 0.3 is 5.97 Å². The lowest BCUT2D eigenvalue weighted by Gasteiger charge is -2.03. The number of hydrogen-bond acceptors (Lipinski definition) is 3. The fraction of sp³-hybridized carbons (Fsp3) is 0.0833. The first kappa shape index (κ1) is 12.3. The van der Waals surface area contributed by atoms with Gasteiger partial charge in [-0.05, 0) is 46.3 Å². The van der Waals surface area contributed by atoms with Gasteiger partial charge in [0.05, 0.1) is 17.6 Å². The number of carboxylic acid groups (broad SMARTS) is 1. The Hall–Kier alpha value is -1.20. The van der Waals surface area contributed by atoms with E-state index in [1.54, 1.807) is 30.2 Å². The number of rotatable bonds is 4. The summed E-state index contributed by atoms with van der Waals surface area (Å²) in [6.45, 7) is 0. The van der Waals surface area contributed by atoms with Crippen LogP contribution in [0.1, 0.15) is 16.1 Å². The third kappa shape index (κ3) is 3.14. The van der Waals surface area contributed by atoms with Gasteiger partial charge in [-0.25, -0.2) is 4.79 Å². The van der Waals surface area contributed by atoms with Gasteiger partial charge in [-0.2, -0.15) is 0 Å². The van der Waals surface area contributed by atoms with Crippen molar-refractivity contribution in [1.82, 2.24) is 0 Å². The molecular formula is C12H9BrO3S. The van der Waals surface area contributed by atoms with Gasteiger partial charge in [0.25, 0.3) is 0 Å². The lowest BCUT2D eigenvalue weighted by atomic mass is 10.2. The van der Waals surface area contributed by atoms with Gasteiger partial charge < -0.3 is 9.52 Å². The molecule has 0 spiro atoms. The van der Waals surface area contributed by atoms with Crippen LogP contribution in [0.4, 0.5) is 0 Å². The first-order valence-corrected chi connectivity index (χ1v) is 6.62. The molecule has 0 amide bonds. The summed E-state index contributed by atoms with van der Waals surface area (Å²) in [4.78, 5) is 11.9. The van der Waals surface area contributed by atoms with E-state index in [1.165, 1.54) is 0 Å². The van der Waals surface area contributed by atoms with Crippen LogP contribution in [-0.2, 0) is 5.75 Å². The minimum atomic E-state index is -0.933. The number of benzene rings is 1. The second kappa shape index (κ2) is 5.42. The maximum Gasteiger partial charge on any atom is 0.336 e. The summed E-state index contributed by atoms with van der Waals surface area (Å²) >= 11 is 4.75. The van der Waals surface area contributed by atoms with Crippen LogP contribution in [0.5, 0.6) is 0 Å². The van der Waals surface area contributed by atoms with Crippen molar-refractivity contribution in [2.45, 2.75) is 10.6 Å². The largest absolute Gasteiger partial charge is 0.478 e. The van der Waals surface area contributed by atoms with Crippen LogP contribution in [0, 0.1) is 0 Å². The topological polar surface area (TPSA) is 50.4 Å². The highest BCUT2D eigenvalue weighted by atomic mass is 79.9. The van der Waals surface area contributed by atoms with Crippen LogP contribution in [0.2, 0.25) is 0 Å². The number of aromatic carboxylic acids is 1. The molecule has 0 aliphatic heterocycles. The number of furan rings is 1. The third-order valence-electron chi connectivity index (χ3n) is 2.13. The second-order valence-electron chi connectivity index (χ2n) is 3.31. The molecule has 0 atom stereocenters. The van der Waals surface area contributed by atoms with E-state index in [0.29, 0.717) is 10.2 Å². The maximum absolute atomic E-state index is 10.9. The molecule has 0 bridgehead atoms. The molecule has 0 radical (unpaired) electrons. The Labute approximate surface area is 111 Å². The van der Waals surface area contributed by atoms with E-state index < -0.39 is 5.97 Å². The molecule has 0 aliphatic rings. The summed E-state index contributed by atoms with van der Waals surface area (Å²) in [6.07, 6.45) is 1.63. The number of hydrogen-bond donors (Lipinski definition) is 1. The molecule has 1 heterocycles. The standard InChI is InChI=1S/C12H9BrO3S/c13-11-4-3-9(6-10(11)12(14)15)17-7-8-2-1-5-16-8/h1-6H,7H2,(H,14,15). The van der Waals surface area contributed by atoms with Gasteiger partial charge in [0, 0.05) is 9.37 Å². The van der Waals surface area contributed by atoms with Crippen LogP contribution in [-0.4, -0.2) is 11.1 Å². The summed E-state index contributed by atoms with van der Waals surface area (Å²) in [5, 5.41) is 8.98. The molecule has 0 unspecified atom stereocenters. The van der Waals surface area contributed by atoms with E-state index in [-0.39, 0.29) is 5.56 Å². The van der Waals surface area contributed by atoms with Gasteiger partial charge in [-0.15, -0.1) is 11.8 Å². The van der Waals surface area contributed by atoms with E-state index in [9.17, 15) is 4.79 Å². The van der Waals surface area contributed by atoms with Crippen molar-refractivity contribution < 1.29 is 14.3 Å². The highest BCUT2D eigenvalue weighted by Crippen LogP contribution is 2.27. The highest BCUT2D eigenvalue weighted by molar-refractivity contribution is 9.10. The SMILES string of the molecule is O=C(O)c1cc(SCc2ccco2)ccc1Br. The monoisotopic (exact) mass is 312 g/mol. The molecule has 2 aromatic rings. The van der Waals surface area contributed by atoms with E-state index in [4.69, 9.17) is 9.52 Å². The van der Waals surface area contributed by atoms with Gasteiger partial charge in [-0.1, -0.05) is 0 Å². The van der Waals surface area contributed by atoms with Crippen molar-refractivity contribution in [2.24, 2.45) is 0 Å². The van der Waals surface area contributed by atoms with Crippen LogP contribution in [0.25, 0.3) is 0 Å². The molecule has 0 saturated heterocycles. The van der Waals surface area contributed by atoms with Crippen molar-refractivity contribution in [3.63, 3.8) is 0 Å². The van der Waals surface area contributed by atoms with E-state index in [1.807, 2.05) is 18.2 Å². The maximum atomic E-state index is 10.9. The molecule has 1 N–H and O–H groups in total. The van der Waals surface area contributed by atoms with Crippen LogP contribution in [0.3, 0.4) is 0 Å². The van der Waals surface area contributed by atoms with Gasteiger partial charge in [0.15, 0.2) is 0 Å². The predicted molar refractivity (Wildman–Crippen MR) is 69.4 cm³/mol. The van der Waals surface area contributed by atoms with Gasteiger partial charge in [0.1, 0.15) is 5.76 Å². The Morgan fingerprint density at radius 1 is 1.41 bits per heavy atom. The Kier molecular flexibility index (Phi) is 3.91. The van der Waals surface area contributed by atoms with Crippen LogP contribution >= 0.6 is 27.7 Å². The number of halogens is 1. The van der Waals surface area contributed by atoms with Crippen molar-refractivity contribution in [2.75, 3.05) is 0 Å². The minimum absolute atomic E-state index is 0.273. The molecule has 17 heavy (non-hydrogen) atoms. The molecule has 1 aromatic heterocycles. The lowest BCUT2D eigenvalue weighted by molar-refractivity contribution is 0.0695. The van der Waals surface area contributed by atoms with Crippen molar-refractivity contribution in [1.29, 1.82) is 0 Å². The predicted octanol–water partition coefficient (Wildman–Crippen LogP) is 4.03. The first-order chi connectivity index (χ1) is 8.16. The lowest BCUT2D eigenvalue weighted by Crippen LogP contribution is -1.97. The summed E-state index contributed by atoms with van der Waals surface area (Å²) in [5.74, 6) is 0.625. The minimum Gasteiger partial charge on any atom is -0.478 e. The van der Waals surface area contributed by atoms with Crippen LogP contribution in [0.15, 0.2) is 50.4 Å². The van der Waals surface area contributed by atoms with E-state index in [2.05, 4.69) is 15.9 Å². The molecule has 3 nitrogen and oxygen atoms in total. The fourth-order valence-electron chi connectivity index (χ4n) is 1.31. The van der Waals surface area contributed by atoms with Crippen LogP contribution < -0.4 is 0 Å². The number of carbonyl (C=O) groups is 1. The average Bonchev–Trinajstić information content (AvgIpc) is 2.80. The second-order valence-corrected chi connectivity index (χ2v) is 5.22. The third-order valence-corrected chi connectivity index (χ3v) is 3.84.